The molecule has 0 fully saturated rings. The maximum absolute atomic E-state index is 12.9. The second-order valence-corrected chi connectivity index (χ2v) is 9.50. The molecule has 0 saturated carbocycles. The van der Waals surface area contributed by atoms with E-state index in [0.29, 0.717) is 126 Å². The number of amides is 2. The quantitative estimate of drug-likeness (QED) is 0.103. The Morgan fingerprint density at radius 1 is 0.524 bits per heavy atom. The van der Waals surface area contributed by atoms with Gasteiger partial charge in [0.05, 0.1) is 37.6 Å². The second-order valence-electron chi connectivity index (χ2n) is 9.50. The molecule has 0 spiro atoms. The third-order valence-electron chi connectivity index (χ3n) is 6.02. The number of nitrogens with one attached hydrogen (secondary N) is 2. The molecule has 0 radical (unpaired) electrons. The number of benzene rings is 2. The SMILES string of the molecule is NCCCOc1ccc(C(=O)NCCCCNC(=O)c2ccc(OCCCN)cc2OCCCN)c(OCCCN)c1. The summed E-state index contributed by atoms with van der Waals surface area (Å²) in [6, 6.07) is 10.3. The number of rotatable bonds is 23. The van der Waals surface area contributed by atoms with E-state index in [0.717, 1.165) is 12.8 Å². The van der Waals surface area contributed by atoms with E-state index in [1.165, 1.54) is 0 Å². The first-order chi connectivity index (χ1) is 20.5. The summed E-state index contributed by atoms with van der Waals surface area (Å²) in [5.74, 6) is 1.62. The third kappa shape index (κ3) is 12.9. The summed E-state index contributed by atoms with van der Waals surface area (Å²) >= 11 is 0. The van der Waals surface area contributed by atoms with Gasteiger partial charge in [-0.25, -0.2) is 0 Å². The first-order valence-corrected chi connectivity index (χ1v) is 14.7. The van der Waals surface area contributed by atoms with Crippen LogP contribution in [0.4, 0.5) is 0 Å². The van der Waals surface area contributed by atoms with Crippen molar-refractivity contribution in [3.63, 3.8) is 0 Å². The van der Waals surface area contributed by atoms with Crippen LogP contribution in [0.15, 0.2) is 36.4 Å². The molecular weight excluding hydrogens is 540 g/mol. The minimum atomic E-state index is -0.247. The molecule has 0 aliphatic carbocycles. The summed E-state index contributed by atoms with van der Waals surface area (Å²) in [4.78, 5) is 25.7. The van der Waals surface area contributed by atoms with Gasteiger partial charge < -0.3 is 52.5 Å². The van der Waals surface area contributed by atoms with Crippen molar-refractivity contribution >= 4 is 11.8 Å². The molecule has 2 amide bonds. The third-order valence-corrected chi connectivity index (χ3v) is 6.02. The van der Waals surface area contributed by atoms with Gasteiger partial charge in [-0.3, -0.25) is 9.59 Å². The van der Waals surface area contributed by atoms with Gasteiger partial charge in [0.2, 0.25) is 0 Å². The molecule has 0 atom stereocenters. The molecule has 2 aromatic carbocycles. The van der Waals surface area contributed by atoms with Crippen LogP contribution in [0.25, 0.3) is 0 Å². The predicted molar refractivity (Wildman–Crippen MR) is 163 cm³/mol. The molecule has 0 bridgehead atoms. The topological polar surface area (TPSA) is 199 Å². The molecule has 0 heterocycles. The van der Waals surface area contributed by atoms with Crippen molar-refractivity contribution in [1.82, 2.24) is 10.6 Å². The molecule has 0 unspecified atom stereocenters. The molecule has 0 aliphatic rings. The van der Waals surface area contributed by atoms with Gasteiger partial charge in [0.25, 0.3) is 11.8 Å². The summed E-state index contributed by atoms with van der Waals surface area (Å²) in [6.45, 7) is 4.68. The fourth-order valence-corrected chi connectivity index (χ4v) is 3.72. The predicted octanol–water partition coefficient (Wildman–Crippen LogP) is 1.54. The normalized spacial score (nSPS) is 10.7. The van der Waals surface area contributed by atoms with Gasteiger partial charge in [0.15, 0.2) is 0 Å². The first-order valence-electron chi connectivity index (χ1n) is 14.7. The van der Waals surface area contributed by atoms with Crippen LogP contribution < -0.4 is 52.5 Å². The van der Waals surface area contributed by atoms with E-state index in [-0.39, 0.29) is 11.8 Å². The van der Waals surface area contributed by atoms with Gasteiger partial charge >= 0.3 is 0 Å². The summed E-state index contributed by atoms with van der Waals surface area (Å²) in [7, 11) is 0. The number of hydrogen-bond acceptors (Lipinski definition) is 10. The zero-order chi connectivity index (χ0) is 30.4. The summed E-state index contributed by atoms with van der Waals surface area (Å²) in [6.07, 6.45) is 4.13. The maximum Gasteiger partial charge on any atom is 0.255 e. The van der Waals surface area contributed by atoms with E-state index < -0.39 is 0 Å². The van der Waals surface area contributed by atoms with Crippen LogP contribution in [0.3, 0.4) is 0 Å². The van der Waals surface area contributed by atoms with Gasteiger partial charge in [-0.2, -0.15) is 0 Å². The number of ether oxygens (including phenoxy) is 4. The fraction of sp³-hybridized carbons (Fsp3) is 0.533. The largest absolute Gasteiger partial charge is 0.493 e. The monoisotopic (exact) mass is 588 g/mol. The van der Waals surface area contributed by atoms with E-state index >= 15 is 0 Å². The lowest BCUT2D eigenvalue weighted by Gasteiger charge is -2.14. The second kappa shape index (κ2) is 21.2. The lowest BCUT2D eigenvalue weighted by molar-refractivity contribution is 0.0935. The van der Waals surface area contributed by atoms with E-state index in [4.69, 9.17) is 41.9 Å². The molecule has 2 aromatic rings. The van der Waals surface area contributed by atoms with Crippen molar-refractivity contribution in [2.45, 2.75) is 38.5 Å². The van der Waals surface area contributed by atoms with Crippen molar-refractivity contribution in [2.24, 2.45) is 22.9 Å². The molecule has 10 N–H and O–H groups in total. The number of unbranched alkanes of at least 4 members (excludes halogenated alkanes) is 1. The number of carbonyl (C=O) groups excluding carboxylic acids is 2. The van der Waals surface area contributed by atoms with Crippen molar-refractivity contribution < 1.29 is 28.5 Å². The van der Waals surface area contributed by atoms with E-state index in [1.54, 1.807) is 36.4 Å². The molecule has 234 valence electrons. The highest BCUT2D eigenvalue weighted by atomic mass is 16.5. The van der Waals surface area contributed by atoms with Gasteiger partial charge in [-0.05, 0) is 89.0 Å². The molecule has 0 aromatic heterocycles. The summed E-state index contributed by atoms with van der Waals surface area (Å²) in [5.41, 5.74) is 23.0. The maximum atomic E-state index is 12.9. The highest BCUT2D eigenvalue weighted by Crippen LogP contribution is 2.26. The van der Waals surface area contributed by atoms with Crippen LogP contribution in [0.1, 0.15) is 59.2 Å². The molecular formula is C30H48N6O6. The Morgan fingerprint density at radius 3 is 1.24 bits per heavy atom. The van der Waals surface area contributed by atoms with Crippen molar-refractivity contribution in [2.75, 3.05) is 65.7 Å². The minimum Gasteiger partial charge on any atom is -0.493 e. The van der Waals surface area contributed by atoms with Crippen LogP contribution >= 0.6 is 0 Å². The number of nitrogens with two attached hydrogens (primary N) is 4. The van der Waals surface area contributed by atoms with Crippen LogP contribution in [0.5, 0.6) is 23.0 Å². The highest BCUT2D eigenvalue weighted by Gasteiger charge is 2.16. The standard InChI is InChI=1S/C30H48N6O6/c31-11-3-17-39-23-7-9-25(27(21-23)41-19-5-13-33)29(37)35-15-1-2-16-36-30(38)26-10-8-24(40-18-4-12-32)22-28(26)42-20-6-14-34/h7-10,21-22H,1-6,11-20,31-34H2,(H,35,37)(H,36,38). The average molecular weight is 589 g/mol. The van der Waals surface area contributed by atoms with Crippen molar-refractivity contribution in [1.29, 1.82) is 0 Å². The smallest absolute Gasteiger partial charge is 0.255 e. The molecule has 0 saturated heterocycles. The summed E-state index contributed by atoms with van der Waals surface area (Å²) < 4.78 is 23.0. The van der Waals surface area contributed by atoms with Crippen LogP contribution in [0.2, 0.25) is 0 Å². The Labute approximate surface area is 248 Å². The lowest BCUT2D eigenvalue weighted by Crippen LogP contribution is -2.28. The molecule has 42 heavy (non-hydrogen) atoms. The number of carbonyl (C=O) groups is 2. The van der Waals surface area contributed by atoms with Crippen LogP contribution in [-0.4, -0.2) is 77.5 Å². The van der Waals surface area contributed by atoms with Gasteiger partial charge in [-0.15, -0.1) is 0 Å². The zero-order valence-electron chi connectivity index (χ0n) is 24.5. The Balaban J connectivity index is 1.85. The first kappa shape index (κ1) is 34.6. The van der Waals surface area contributed by atoms with Gasteiger partial charge in [0, 0.05) is 25.2 Å². The molecule has 0 aliphatic heterocycles. The Bertz CT molecular complexity index is 987. The van der Waals surface area contributed by atoms with Crippen molar-refractivity contribution in [3.8, 4) is 23.0 Å². The van der Waals surface area contributed by atoms with Crippen LogP contribution in [-0.2, 0) is 0 Å². The van der Waals surface area contributed by atoms with Gasteiger partial charge in [-0.1, -0.05) is 0 Å². The van der Waals surface area contributed by atoms with Crippen LogP contribution in [0, 0.1) is 0 Å². The molecule has 12 heteroatoms. The average Bonchev–Trinajstić information content (AvgIpc) is 2.99. The lowest BCUT2D eigenvalue weighted by atomic mass is 10.1. The fourth-order valence-electron chi connectivity index (χ4n) is 3.72. The Hall–Kier alpha value is -3.58. The van der Waals surface area contributed by atoms with E-state index in [2.05, 4.69) is 10.6 Å². The Morgan fingerprint density at radius 2 is 0.881 bits per heavy atom. The molecule has 12 nitrogen and oxygen atoms in total. The van der Waals surface area contributed by atoms with Crippen molar-refractivity contribution in [3.05, 3.63) is 47.5 Å². The summed E-state index contributed by atoms with van der Waals surface area (Å²) in [5, 5.41) is 5.84. The Kier molecular flexibility index (Phi) is 17.5. The molecule has 2 rings (SSSR count). The van der Waals surface area contributed by atoms with Gasteiger partial charge in [0.1, 0.15) is 23.0 Å². The zero-order valence-corrected chi connectivity index (χ0v) is 24.5. The minimum absolute atomic E-state index is 0.247. The number of hydrogen-bond donors (Lipinski definition) is 6. The highest BCUT2D eigenvalue weighted by molar-refractivity contribution is 5.97. The van der Waals surface area contributed by atoms with E-state index in [9.17, 15) is 9.59 Å². The van der Waals surface area contributed by atoms with E-state index in [1.807, 2.05) is 0 Å².